The number of piperidine rings is 1. The van der Waals surface area contributed by atoms with Crippen LogP contribution in [0.15, 0.2) is 16.7 Å². The van der Waals surface area contributed by atoms with Crippen molar-refractivity contribution >= 4 is 32.0 Å². The first-order valence-corrected chi connectivity index (χ1v) is 8.70. The number of pyridine rings is 1. The molecule has 0 aromatic carbocycles. The van der Waals surface area contributed by atoms with Gasteiger partial charge in [0.1, 0.15) is 5.82 Å². The lowest BCUT2D eigenvalue weighted by molar-refractivity contribution is 0.156. The minimum atomic E-state index is -3.68. The van der Waals surface area contributed by atoms with E-state index < -0.39 is 10.2 Å². The number of rotatable bonds is 4. The Kier molecular flexibility index (Phi) is 5.00. The van der Waals surface area contributed by atoms with Crippen LogP contribution in [0.3, 0.4) is 0 Å². The summed E-state index contributed by atoms with van der Waals surface area (Å²) in [6.07, 6.45) is 3.99. The quantitative estimate of drug-likeness (QED) is 0.851. The largest absolute Gasteiger partial charge is 0.395 e. The normalized spacial score (nSPS) is 20.9. The Morgan fingerprint density at radius 2 is 2.30 bits per heavy atom. The second-order valence-electron chi connectivity index (χ2n) is 4.87. The van der Waals surface area contributed by atoms with Crippen molar-refractivity contribution in [1.82, 2.24) is 9.29 Å². The van der Waals surface area contributed by atoms with Gasteiger partial charge in [-0.1, -0.05) is 6.42 Å². The molecule has 2 N–H and O–H groups in total. The van der Waals surface area contributed by atoms with E-state index in [9.17, 15) is 13.5 Å². The third-order valence-corrected chi connectivity index (χ3v) is 5.77. The molecule has 6 nitrogen and oxygen atoms in total. The van der Waals surface area contributed by atoms with E-state index in [4.69, 9.17) is 0 Å². The molecule has 1 saturated heterocycles. The molecule has 1 atom stereocenters. The molecule has 2 heterocycles. The molecule has 20 heavy (non-hydrogen) atoms. The Morgan fingerprint density at radius 3 is 2.95 bits per heavy atom. The van der Waals surface area contributed by atoms with Gasteiger partial charge in [-0.2, -0.15) is 12.7 Å². The fourth-order valence-electron chi connectivity index (χ4n) is 2.26. The lowest BCUT2D eigenvalue weighted by atomic mass is 10.1. The number of aliphatic hydroxyl groups excluding tert-OH is 1. The zero-order chi connectivity index (χ0) is 14.8. The van der Waals surface area contributed by atoms with E-state index in [0.29, 0.717) is 13.0 Å². The predicted octanol–water partition coefficient (Wildman–Crippen LogP) is 1.66. The average Bonchev–Trinajstić information content (AvgIpc) is 2.42. The Labute approximate surface area is 127 Å². The van der Waals surface area contributed by atoms with Gasteiger partial charge >= 0.3 is 10.2 Å². The molecule has 1 aromatic rings. The van der Waals surface area contributed by atoms with Gasteiger partial charge in [0.25, 0.3) is 0 Å². The zero-order valence-corrected chi connectivity index (χ0v) is 13.6. The summed E-state index contributed by atoms with van der Waals surface area (Å²) in [7, 11) is -3.68. The number of hydrogen-bond donors (Lipinski definition) is 2. The molecule has 1 aliphatic rings. The number of hydrogen-bond acceptors (Lipinski definition) is 4. The predicted molar refractivity (Wildman–Crippen MR) is 80.6 cm³/mol. The van der Waals surface area contributed by atoms with Crippen LogP contribution in [-0.4, -0.2) is 42.0 Å². The molecule has 1 aromatic heterocycles. The number of aliphatic hydroxyl groups is 1. The lowest BCUT2D eigenvalue weighted by Crippen LogP contribution is -2.48. The number of aromatic nitrogens is 1. The Morgan fingerprint density at radius 1 is 1.55 bits per heavy atom. The first-order chi connectivity index (χ1) is 9.44. The minimum absolute atomic E-state index is 0.159. The summed E-state index contributed by atoms with van der Waals surface area (Å²) >= 11 is 3.32. The molecule has 0 radical (unpaired) electrons. The fraction of sp³-hybridized carbons (Fsp3) is 0.583. The number of nitrogens with one attached hydrogen (secondary N) is 1. The van der Waals surface area contributed by atoms with Crippen LogP contribution in [0.5, 0.6) is 0 Å². The Hall–Kier alpha value is -0.700. The van der Waals surface area contributed by atoms with Crippen LogP contribution in [0.25, 0.3) is 0 Å². The smallest absolute Gasteiger partial charge is 0.303 e. The molecule has 112 valence electrons. The van der Waals surface area contributed by atoms with Crippen LogP contribution in [0.2, 0.25) is 0 Å². The third kappa shape index (κ3) is 3.49. The average molecular weight is 364 g/mol. The van der Waals surface area contributed by atoms with Gasteiger partial charge in [-0.05, 0) is 47.3 Å². The molecule has 0 saturated carbocycles. The van der Waals surface area contributed by atoms with Crippen LogP contribution in [0.4, 0.5) is 5.82 Å². The van der Waals surface area contributed by atoms with Gasteiger partial charge in [-0.15, -0.1) is 0 Å². The summed E-state index contributed by atoms with van der Waals surface area (Å²) in [5.74, 6) is 0.285. The summed E-state index contributed by atoms with van der Waals surface area (Å²) in [5, 5.41) is 9.32. The van der Waals surface area contributed by atoms with Gasteiger partial charge < -0.3 is 5.11 Å². The Balaban J connectivity index is 2.19. The lowest BCUT2D eigenvalue weighted by Gasteiger charge is -2.33. The summed E-state index contributed by atoms with van der Waals surface area (Å²) < 4.78 is 29.4. The van der Waals surface area contributed by atoms with Crippen molar-refractivity contribution in [3.63, 3.8) is 0 Å². The summed E-state index contributed by atoms with van der Waals surface area (Å²) in [5.41, 5.74) is 0.898. The second-order valence-corrected chi connectivity index (χ2v) is 7.35. The van der Waals surface area contributed by atoms with Gasteiger partial charge in [0.15, 0.2) is 0 Å². The molecule has 0 aliphatic carbocycles. The monoisotopic (exact) mass is 363 g/mol. The highest BCUT2D eigenvalue weighted by molar-refractivity contribution is 9.10. The first-order valence-electron chi connectivity index (χ1n) is 6.46. The van der Waals surface area contributed by atoms with E-state index in [2.05, 4.69) is 25.6 Å². The van der Waals surface area contributed by atoms with Crippen molar-refractivity contribution in [2.24, 2.45) is 0 Å². The molecule has 1 aliphatic heterocycles. The van der Waals surface area contributed by atoms with Gasteiger partial charge in [0.05, 0.1) is 6.61 Å². The van der Waals surface area contributed by atoms with E-state index in [1.807, 2.05) is 6.92 Å². The maximum atomic E-state index is 12.4. The van der Waals surface area contributed by atoms with Crippen molar-refractivity contribution in [1.29, 1.82) is 0 Å². The van der Waals surface area contributed by atoms with Gasteiger partial charge in [-0.25, -0.2) is 4.98 Å². The van der Waals surface area contributed by atoms with Crippen LogP contribution in [0, 0.1) is 6.92 Å². The van der Waals surface area contributed by atoms with Crippen LogP contribution in [-0.2, 0) is 10.2 Å². The number of halogens is 1. The fourth-order valence-corrected chi connectivity index (χ4v) is 3.90. The highest BCUT2D eigenvalue weighted by Crippen LogP contribution is 2.23. The number of nitrogens with zero attached hydrogens (tertiary/aromatic N) is 2. The number of aryl methyl sites for hydroxylation is 1. The van der Waals surface area contributed by atoms with Crippen molar-refractivity contribution in [3.8, 4) is 0 Å². The van der Waals surface area contributed by atoms with Crippen LogP contribution < -0.4 is 4.72 Å². The highest BCUT2D eigenvalue weighted by atomic mass is 79.9. The molecule has 1 fully saturated rings. The van der Waals surface area contributed by atoms with Gasteiger partial charge in [0.2, 0.25) is 0 Å². The molecule has 0 spiro atoms. The zero-order valence-electron chi connectivity index (χ0n) is 11.2. The van der Waals surface area contributed by atoms with Crippen LogP contribution in [0.1, 0.15) is 24.8 Å². The van der Waals surface area contributed by atoms with E-state index in [1.165, 1.54) is 4.31 Å². The van der Waals surface area contributed by atoms with E-state index in [0.717, 1.165) is 22.9 Å². The van der Waals surface area contributed by atoms with E-state index >= 15 is 0 Å². The molecular formula is C12H18BrN3O3S. The summed E-state index contributed by atoms with van der Waals surface area (Å²) in [4.78, 5) is 4.04. The molecule has 0 amide bonds. The van der Waals surface area contributed by atoms with Gasteiger partial charge in [-0.3, -0.25) is 4.72 Å². The first kappa shape index (κ1) is 15.7. The molecule has 8 heteroatoms. The number of anilines is 1. The minimum Gasteiger partial charge on any atom is -0.395 e. The van der Waals surface area contributed by atoms with Crippen molar-refractivity contribution in [2.45, 2.75) is 32.2 Å². The molecular weight excluding hydrogens is 346 g/mol. The SMILES string of the molecule is Cc1cc(NS(=O)(=O)N2CCCCC2CO)ncc1Br. The maximum Gasteiger partial charge on any atom is 0.303 e. The van der Waals surface area contributed by atoms with Crippen molar-refractivity contribution in [2.75, 3.05) is 17.9 Å². The van der Waals surface area contributed by atoms with E-state index in [-0.39, 0.29) is 18.5 Å². The van der Waals surface area contributed by atoms with Crippen molar-refractivity contribution in [3.05, 3.63) is 22.3 Å². The third-order valence-electron chi connectivity index (χ3n) is 3.37. The van der Waals surface area contributed by atoms with Gasteiger partial charge in [0, 0.05) is 23.3 Å². The molecule has 2 rings (SSSR count). The topological polar surface area (TPSA) is 82.5 Å². The standard InChI is InChI=1S/C12H18BrN3O3S/c1-9-6-12(14-7-11(9)13)15-20(18,19)16-5-3-2-4-10(16)8-17/h6-7,10,17H,2-5,8H2,1H3,(H,14,15). The second kappa shape index (κ2) is 6.38. The summed E-state index contributed by atoms with van der Waals surface area (Å²) in [6.45, 7) is 2.13. The van der Waals surface area contributed by atoms with Crippen LogP contribution >= 0.6 is 15.9 Å². The highest BCUT2D eigenvalue weighted by Gasteiger charge is 2.32. The van der Waals surface area contributed by atoms with Crippen molar-refractivity contribution < 1.29 is 13.5 Å². The summed E-state index contributed by atoms with van der Waals surface area (Å²) in [6, 6.07) is 1.32. The maximum absolute atomic E-state index is 12.4. The van der Waals surface area contributed by atoms with E-state index in [1.54, 1.807) is 12.3 Å². The Bertz CT molecular complexity index is 579. The molecule has 1 unspecified atom stereocenters. The molecule has 0 bridgehead atoms.